The van der Waals surface area contributed by atoms with E-state index in [9.17, 15) is 13.2 Å². The quantitative estimate of drug-likeness (QED) is 0.612. The Labute approximate surface area is 132 Å². The highest BCUT2D eigenvalue weighted by molar-refractivity contribution is 5.82. The van der Waals surface area contributed by atoms with Gasteiger partial charge in [-0.05, 0) is 40.8 Å². The molecule has 0 saturated heterocycles. The van der Waals surface area contributed by atoms with Crippen molar-refractivity contribution in [1.82, 2.24) is 0 Å². The van der Waals surface area contributed by atoms with Crippen LogP contribution in [0.4, 0.5) is 13.2 Å². The van der Waals surface area contributed by atoms with Crippen LogP contribution in [0.3, 0.4) is 0 Å². The summed E-state index contributed by atoms with van der Waals surface area (Å²) in [5.74, 6) is -3.90. The third kappa shape index (κ3) is 3.02. The molecule has 0 amide bonds. The minimum atomic E-state index is -1.28. The molecule has 0 spiro atoms. The van der Waals surface area contributed by atoms with E-state index in [2.05, 4.69) is 4.74 Å². The molecule has 3 aromatic rings. The Morgan fingerprint density at radius 1 is 0.826 bits per heavy atom. The van der Waals surface area contributed by atoms with Gasteiger partial charge in [0.25, 0.3) is 0 Å². The molecule has 0 aromatic heterocycles. The average molecular weight is 316 g/mol. The molecule has 0 atom stereocenters. The molecule has 0 aliphatic carbocycles. The maximum absolute atomic E-state index is 14.0. The zero-order valence-corrected chi connectivity index (χ0v) is 12.6. The van der Waals surface area contributed by atoms with Gasteiger partial charge in [-0.1, -0.05) is 42.5 Å². The highest BCUT2D eigenvalue weighted by atomic mass is 19.2. The van der Waals surface area contributed by atoms with E-state index in [1.165, 1.54) is 0 Å². The predicted octanol–water partition coefficient (Wildman–Crippen LogP) is 5.05. The van der Waals surface area contributed by atoms with E-state index in [1.54, 1.807) is 0 Å². The number of fused-ring (bicyclic) bond motifs is 1. The van der Waals surface area contributed by atoms with Crippen molar-refractivity contribution < 1.29 is 17.9 Å². The molecule has 0 saturated carbocycles. The molecule has 0 heterocycles. The summed E-state index contributed by atoms with van der Waals surface area (Å²) in [5, 5.41) is 2.20. The topological polar surface area (TPSA) is 9.23 Å². The van der Waals surface area contributed by atoms with Crippen LogP contribution in [0.5, 0.6) is 5.75 Å². The number of rotatable bonds is 4. The first-order valence-electron chi connectivity index (χ1n) is 7.28. The summed E-state index contributed by atoms with van der Waals surface area (Å²) in [6.45, 7) is 0. The molecular formula is C19H15F3O. The Kier molecular flexibility index (Phi) is 4.24. The summed E-state index contributed by atoms with van der Waals surface area (Å²) in [4.78, 5) is 0. The molecule has 0 fully saturated rings. The lowest BCUT2D eigenvalue weighted by Crippen LogP contribution is -2.03. The van der Waals surface area contributed by atoms with E-state index < -0.39 is 23.2 Å². The van der Waals surface area contributed by atoms with Gasteiger partial charge in [0.2, 0.25) is 5.82 Å². The van der Waals surface area contributed by atoms with Crippen LogP contribution in [0.25, 0.3) is 10.8 Å². The first-order chi connectivity index (χ1) is 11.1. The molecule has 118 valence electrons. The monoisotopic (exact) mass is 316 g/mol. The first kappa shape index (κ1) is 15.4. The summed E-state index contributed by atoms with van der Waals surface area (Å²) in [6.07, 6.45) is 0.703. The maximum atomic E-state index is 14.0. The molecule has 4 heteroatoms. The second-order valence-corrected chi connectivity index (χ2v) is 5.36. The second kappa shape index (κ2) is 6.32. The molecular weight excluding hydrogens is 301 g/mol. The molecule has 3 rings (SSSR count). The van der Waals surface area contributed by atoms with Gasteiger partial charge in [-0.3, -0.25) is 0 Å². The fraction of sp³-hybridized carbons (Fsp3) is 0.158. The van der Waals surface area contributed by atoms with E-state index >= 15 is 0 Å². The molecule has 0 bridgehead atoms. The van der Waals surface area contributed by atoms with Crippen molar-refractivity contribution in [3.63, 3.8) is 0 Å². The first-order valence-corrected chi connectivity index (χ1v) is 7.28. The van der Waals surface area contributed by atoms with Gasteiger partial charge in [-0.15, -0.1) is 0 Å². The van der Waals surface area contributed by atoms with Crippen molar-refractivity contribution >= 4 is 10.8 Å². The summed E-state index contributed by atoms with van der Waals surface area (Å²) >= 11 is 0. The van der Waals surface area contributed by atoms with Crippen LogP contribution in [-0.4, -0.2) is 7.11 Å². The lowest BCUT2D eigenvalue weighted by molar-refractivity contribution is 0.345. The second-order valence-electron chi connectivity index (χ2n) is 5.36. The van der Waals surface area contributed by atoms with Gasteiger partial charge in [0.1, 0.15) is 0 Å². The molecule has 3 aromatic carbocycles. The van der Waals surface area contributed by atoms with E-state index in [0.29, 0.717) is 6.42 Å². The van der Waals surface area contributed by atoms with Crippen molar-refractivity contribution in [2.45, 2.75) is 12.8 Å². The van der Waals surface area contributed by atoms with Crippen LogP contribution in [0.15, 0.2) is 48.5 Å². The number of hydrogen-bond donors (Lipinski definition) is 0. The summed E-state index contributed by atoms with van der Waals surface area (Å²) in [7, 11) is 1.11. The Hall–Kier alpha value is -2.49. The zero-order valence-electron chi connectivity index (χ0n) is 12.6. The minimum absolute atomic E-state index is 0.00830. The number of hydrogen-bond acceptors (Lipinski definition) is 1. The van der Waals surface area contributed by atoms with Crippen LogP contribution in [0, 0.1) is 17.5 Å². The molecule has 0 aliphatic rings. The third-order valence-corrected chi connectivity index (χ3v) is 3.89. The van der Waals surface area contributed by atoms with Gasteiger partial charge in [0.05, 0.1) is 7.11 Å². The number of halogens is 3. The smallest absolute Gasteiger partial charge is 0.203 e. The standard InChI is InChI=1S/C19H15F3O/c1-23-19-16(20)11-15(17(21)18(19)22)9-7-12-6-8-13-4-2-3-5-14(13)10-12/h2-6,8,10-11H,7,9H2,1H3. The van der Waals surface area contributed by atoms with Gasteiger partial charge in [-0.2, -0.15) is 4.39 Å². The summed E-state index contributed by atoms with van der Waals surface area (Å²) in [5.41, 5.74) is 0.994. The predicted molar refractivity (Wildman–Crippen MR) is 84.2 cm³/mol. The van der Waals surface area contributed by atoms with Crippen molar-refractivity contribution in [1.29, 1.82) is 0 Å². The van der Waals surface area contributed by atoms with Crippen LogP contribution in [-0.2, 0) is 12.8 Å². The Balaban J connectivity index is 1.84. The summed E-state index contributed by atoms with van der Waals surface area (Å²) in [6, 6.07) is 14.8. The van der Waals surface area contributed by atoms with E-state index in [-0.39, 0.29) is 12.0 Å². The Morgan fingerprint density at radius 2 is 1.57 bits per heavy atom. The fourth-order valence-corrected chi connectivity index (χ4v) is 2.67. The maximum Gasteiger partial charge on any atom is 0.203 e. The zero-order chi connectivity index (χ0) is 16.4. The minimum Gasteiger partial charge on any atom is -0.491 e. The Morgan fingerprint density at radius 3 is 2.30 bits per heavy atom. The van der Waals surface area contributed by atoms with Gasteiger partial charge >= 0.3 is 0 Å². The highest BCUT2D eigenvalue weighted by Crippen LogP contribution is 2.27. The number of methoxy groups -OCH3 is 1. The lowest BCUT2D eigenvalue weighted by Gasteiger charge is -2.09. The normalized spacial score (nSPS) is 11.0. The third-order valence-electron chi connectivity index (χ3n) is 3.89. The largest absolute Gasteiger partial charge is 0.491 e. The van der Waals surface area contributed by atoms with Crippen molar-refractivity contribution in [3.05, 3.63) is 77.1 Å². The van der Waals surface area contributed by atoms with Gasteiger partial charge in [-0.25, -0.2) is 8.78 Å². The van der Waals surface area contributed by atoms with Crippen molar-refractivity contribution in [2.24, 2.45) is 0 Å². The van der Waals surface area contributed by atoms with Gasteiger partial charge in [0, 0.05) is 0 Å². The molecule has 0 N–H and O–H groups in total. The van der Waals surface area contributed by atoms with Gasteiger partial charge < -0.3 is 4.74 Å². The molecule has 1 nitrogen and oxygen atoms in total. The van der Waals surface area contributed by atoms with Gasteiger partial charge in [0.15, 0.2) is 17.4 Å². The molecule has 0 unspecified atom stereocenters. The Bertz CT molecular complexity index is 859. The molecule has 23 heavy (non-hydrogen) atoms. The molecule has 0 aliphatic heterocycles. The average Bonchev–Trinajstić information content (AvgIpc) is 2.57. The number of aryl methyl sites for hydroxylation is 2. The lowest BCUT2D eigenvalue weighted by atomic mass is 10.0. The van der Waals surface area contributed by atoms with Crippen LogP contribution in [0.2, 0.25) is 0 Å². The van der Waals surface area contributed by atoms with E-state index in [1.807, 2.05) is 42.5 Å². The van der Waals surface area contributed by atoms with E-state index in [4.69, 9.17) is 0 Å². The van der Waals surface area contributed by atoms with Crippen LogP contribution in [0.1, 0.15) is 11.1 Å². The van der Waals surface area contributed by atoms with Crippen LogP contribution < -0.4 is 4.74 Å². The van der Waals surface area contributed by atoms with Crippen molar-refractivity contribution in [2.75, 3.05) is 7.11 Å². The number of ether oxygens (including phenoxy) is 1. The fourth-order valence-electron chi connectivity index (χ4n) is 2.67. The molecule has 0 radical (unpaired) electrons. The number of benzene rings is 3. The van der Waals surface area contributed by atoms with Crippen LogP contribution >= 0.6 is 0 Å². The SMILES string of the molecule is COc1c(F)cc(CCc2ccc3ccccc3c2)c(F)c1F. The summed E-state index contributed by atoms with van der Waals surface area (Å²) < 4.78 is 45.9. The van der Waals surface area contributed by atoms with Crippen molar-refractivity contribution in [3.8, 4) is 5.75 Å². The van der Waals surface area contributed by atoms with E-state index in [0.717, 1.165) is 29.5 Å². The highest BCUT2D eigenvalue weighted by Gasteiger charge is 2.19.